The monoisotopic (exact) mass is 908 g/mol. The first kappa shape index (κ1) is 58.9. The molecule has 1 rings (SSSR count). The summed E-state index contributed by atoms with van der Waals surface area (Å²) >= 11 is 0. The Morgan fingerprint density at radius 3 is 1.60 bits per heavy atom. The molecule has 63 heavy (non-hydrogen) atoms. The molecule has 0 spiro atoms. The molecule has 0 aromatic carbocycles. The topological polar surface area (TPSA) is 124 Å². The van der Waals surface area contributed by atoms with Crippen molar-refractivity contribution < 1.29 is 46.8 Å². The molecule has 4 atom stereocenters. The van der Waals surface area contributed by atoms with Gasteiger partial charge in [0, 0.05) is 12.8 Å². The predicted molar refractivity (Wildman–Crippen MR) is 258 cm³/mol. The number of esters is 2. The van der Waals surface area contributed by atoms with E-state index in [4.69, 9.17) is 23.3 Å². The van der Waals surface area contributed by atoms with E-state index in [1.165, 1.54) is 122 Å². The van der Waals surface area contributed by atoms with E-state index in [0.717, 1.165) is 44.9 Å². The van der Waals surface area contributed by atoms with Crippen molar-refractivity contribution in [2.45, 2.75) is 225 Å². The number of quaternary nitrogens is 1. The number of carbonyl (C=O) groups is 2. The van der Waals surface area contributed by atoms with Crippen LogP contribution in [0.15, 0.2) is 48.6 Å². The van der Waals surface area contributed by atoms with Crippen LogP contribution in [0.5, 0.6) is 0 Å². The van der Waals surface area contributed by atoms with Crippen LogP contribution in [0.2, 0.25) is 0 Å². The number of phosphoric acid groups is 1. The van der Waals surface area contributed by atoms with Crippen molar-refractivity contribution in [3.05, 3.63) is 48.6 Å². The fourth-order valence-corrected chi connectivity index (χ4v) is 7.82. The van der Waals surface area contributed by atoms with Gasteiger partial charge in [0.15, 0.2) is 6.10 Å². The summed E-state index contributed by atoms with van der Waals surface area (Å²) < 4.78 is 39.7. The maximum absolute atomic E-state index is 12.7. The van der Waals surface area contributed by atoms with Crippen molar-refractivity contribution in [2.24, 2.45) is 0 Å². The highest BCUT2D eigenvalue weighted by molar-refractivity contribution is 7.45. The van der Waals surface area contributed by atoms with Crippen LogP contribution in [0.25, 0.3) is 0 Å². The number of phosphoric ester groups is 1. The second kappa shape index (κ2) is 40.2. The summed E-state index contributed by atoms with van der Waals surface area (Å²) in [6.07, 6.45) is 50.3. The number of hydrogen-bond acceptors (Lipinski definition) is 9. The first-order chi connectivity index (χ1) is 30.5. The molecule has 0 saturated carbocycles. The minimum Gasteiger partial charge on any atom is -0.756 e. The smallest absolute Gasteiger partial charge is 0.306 e. The fraction of sp³-hybridized carbons (Fsp3) is 0.808. The second-order valence-corrected chi connectivity index (χ2v) is 20.0. The van der Waals surface area contributed by atoms with Crippen LogP contribution in [0.1, 0.15) is 206 Å². The lowest BCUT2D eigenvalue weighted by Gasteiger charge is -2.28. The van der Waals surface area contributed by atoms with E-state index in [-0.39, 0.29) is 26.1 Å². The van der Waals surface area contributed by atoms with Gasteiger partial charge in [-0.05, 0) is 77.0 Å². The molecule has 1 aliphatic heterocycles. The number of epoxide rings is 1. The number of rotatable bonds is 45. The molecule has 0 aliphatic carbocycles. The zero-order valence-electron chi connectivity index (χ0n) is 41.0. The van der Waals surface area contributed by atoms with Crippen LogP contribution in [0.3, 0.4) is 0 Å². The minimum atomic E-state index is -4.65. The van der Waals surface area contributed by atoms with Crippen molar-refractivity contribution in [3.8, 4) is 0 Å². The van der Waals surface area contributed by atoms with Crippen molar-refractivity contribution in [2.75, 3.05) is 47.5 Å². The van der Waals surface area contributed by atoms with Gasteiger partial charge >= 0.3 is 11.9 Å². The van der Waals surface area contributed by atoms with Crippen LogP contribution >= 0.6 is 7.82 Å². The van der Waals surface area contributed by atoms with Crippen molar-refractivity contribution in [1.29, 1.82) is 0 Å². The SMILES string of the molecule is CCCCC/C=C\CC1OC1C/C=C\C/C=C\CCCC(=O)O[C@H](COC(=O)CCCCCCCCCCCCC/C=C\CCCCCCCC)COP(=O)([O-])OCC[N+](C)(C)C. The Morgan fingerprint density at radius 1 is 0.571 bits per heavy atom. The Kier molecular flexibility index (Phi) is 37.6. The van der Waals surface area contributed by atoms with Crippen LogP contribution < -0.4 is 4.89 Å². The number of nitrogens with zero attached hydrogens (tertiary/aromatic N) is 1. The van der Waals surface area contributed by atoms with E-state index < -0.39 is 32.5 Å². The van der Waals surface area contributed by atoms with Crippen molar-refractivity contribution in [3.63, 3.8) is 0 Å². The largest absolute Gasteiger partial charge is 0.756 e. The molecule has 3 unspecified atom stereocenters. The van der Waals surface area contributed by atoms with Gasteiger partial charge in [0.1, 0.15) is 19.8 Å². The Morgan fingerprint density at radius 2 is 1.02 bits per heavy atom. The molecule has 0 radical (unpaired) electrons. The van der Waals surface area contributed by atoms with E-state index in [0.29, 0.717) is 36.1 Å². The molecule has 1 saturated heterocycles. The predicted octanol–water partition coefficient (Wildman–Crippen LogP) is 13.4. The van der Waals surface area contributed by atoms with E-state index in [1.807, 2.05) is 27.2 Å². The first-order valence-electron chi connectivity index (χ1n) is 25.5. The highest BCUT2D eigenvalue weighted by atomic mass is 31.2. The summed E-state index contributed by atoms with van der Waals surface area (Å²) in [5.74, 6) is -0.904. The number of unbranched alkanes of at least 4 members (excludes halogenated alkanes) is 21. The van der Waals surface area contributed by atoms with Gasteiger partial charge in [-0.2, -0.15) is 0 Å². The van der Waals surface area contributed by atoms with E-state index in [9.17, 15) is 19.0 Å². The van der Waals surface area contributed by atoms with Gasteiger partial charge in [-0.3, -0.25) is 14.2 Å². The molecule has 10 nitrogen and oxygen atoms in total. The molecule has 1 aliphatic rings. The number of carbonyl (C=O) groups excluding carboxylic acids is 2. The quantitative estimate of drug-likeness (QED) is 0.0147. The molecule has 0 N–H and O–H groups in total. The average Bonchev–Trinajstić information content (AvgIpc) is 4.00. The highest BCUT2D eigenvalue weighted by Gasteiger charge is 2.36. The van der Waals surface area contributed by atoms with Gasteiger partial charge in [0.25, 0.3) is 7.82 Å². The van der Waals surface area contributed by atoms with Crippen LogP contribution in [0.4, 0.5) is 0 Å². The second-order valence-electron chi connectivity index (χ2n) is 18.6. The lowest BCUT2D eigenvalue weighted by Crippen LogP contribution is -2.37. The summed E-state index contributed by atoms with van der Waals surface area (Å²) in [6, 6.07) is 0. The summed E-state index contributed by atoms with van der Waals surface area (Å²) in [4.78, 5) is 37.7. The van der Waals surface area contributed by atoms with E-state index >= 15 is 0 Å². The van der Waals surface area contributed by atoms with Gasteiger partial charge in [0.05, 0.1) is 40.0 Å². The number of hydrogen-bond donors (Lipinski definition) is 0. The van der Waals surface area contributed by atoms with E-state index in [1.54, 1.807) is 0 Å². The lowest BCUT2D eigenvalue weighted by atomic mass is 10.0. The number of likely N-dealkylation sites (N-methyl/N-ethyl adjacent to an activating group) is 1. The maximum atomic E-state index is 12.7. The Bertz CT molecular complexity index is 1280. The molecule has 0 aromatic rings. The lowest BCUT2D eigenvalue weighted by molar-refractivity contribution is -0.870. The zero-order valence-corrected chi connectivity index (χ0v) is 41.9. The molecule has 0 aromatic heterocycles. The molecule has 0 amide bonds. The van der Waals surface area contributed by atoms with Gasteiger partial charge in [-0.15, -0.1) is 0 Å². The Balaban J connectivity index is 2.24. The van der Waals surface area contributed by atoms with Crippen molar-refractivity contribution >= 4 is 19.8 Å². The molecule has 11 heteroatoms. The molecular formula is C52H94NO9P. The van der Waals surface area contributed by atoms with Gasteiger partial charge in [-0.1, -0.05) is 165 Å². The summed E-state index contributed by atoms with van der Waals surface area (Å²) in [6.45, 7) is 4.13. The number of allylic oxidation sites excluding steroid dienone is 6. The standard InChI is InChI=1S/C52H94NO9P/c1-6-8-10-12-14-15-16-17-18-19-20-21-22-23-24-25-26-27-30-34-38-42-51(54)58-46-48(47-60-63(56,57)59-45-44-53(3,4)5)61-52(55)43-39-35-31-28-29-33-37-41-50-49(62-50)40-36-32-13-11-9-7-2/h17-18,28,31-33,36-37,48-50H,6-16,19-27,29-30,34-35,38-47H2,1-5H3/b18-17-,31-28-,36-32-,37-33-/t48-,49?,50?/m1/s1. The maximum Gasteiger partial charge on any atom is 0.306 e. The minimum absolute atomic E-state index is 0.0444. The molecule has 0 bridgehead atoms. The first-order valence-corrected chi connectivity index (χ1v) is 26.9. The van der Waals surface area contributed by atoms with Crippen molar-refractivity contribution in [1.82, 2.24) is 0 Å². The summed E-state index contributed by atoms with van der Waals surface area (Å²) in [5, 5.41) is 0. The molecule has 1 fully saturated rings. The van der Waals surface area contributed by atoms with Gasteiger partial charge in [0.2, 0.25) is 0 Å². The third kappa shape index (κ3) is 41.1. The summed E-state index contributed by atoms with van der Waals surface area (Å²) in [5.41, 5.74) is 0. The van der Waals surface area contributed by atoms with Crippen LogP contribution in [-0.4, -0.2) is 82.2 Å². The van der Waals surface area contributed by atoms with Crippen LogP contribution in [0, 0.1) is 0 Å². The molecule has 366 valence electrons. The molecule has 1 heterocycles. The average molecular weight is 908 g/mol. The zero-order chi connectivity index (χ0) is 46.1. The number of ether oxygens (including phenoxy) is 3. The third-order valence-electron chi connectivity index (χ3n) is 11.2. The Labute approximate surface area is 386 Å². The Hall–Kier alpha value is -2.07. The third-order valence-corrected chi connectivity index (χ3v) is 12.2. The summed E-state index contributed by atoms with van der Waals surface area (Å²) in [7, 11) is 1.12. The normalized spacial score (nSPS) is 17.0. The van der Waals surface area contributed by atoms with Crippen LogP contribution in [-0.2, 0) is 37.4 Å². The van der Waals surface area contributed by atoms with Gasteiger partial charge in [-0.25, -0.2) is 0 Å². The van der Waals surface area contributed by atoms with E-state index in [2.05, 4.69) is 56.4 Å². The molecular weight excluding hydrogens is 814 g/mol. The van der Waals surface area contributed by atoms with Gasteiger partial charge < -0.3 is 32.6 Å². The highest BCUT2D eigenvalue weighted by Crippen LogP contribution is 2.38. The fourth-order valence-electron chi connectivity index (χ4n) is 7.10.